The summed E-state index contributed by atoms with van der Waals surface area (Å²) in [6.07, 6.45) is 3.24. The average molecular weight is 443 g/mol. The van der Waals surface area contributed by atoms with E-state index in [1.54, 1.807) is 12.1 Å². The highest BCUT2D eigenvalue weighted by molar-refractivity contribution is 6.05. The summed E-state index contributed by atoms with van der Waals surface area (Å²) < 4.78 is 11.5. The van der Waals surface area contributed by atoms with Crippen molar-refractivity contribution in [3.63, 3.8) is 0 Å². The van der Waals surface area contributed by atoms with Crippen molar-refractivity contribution in [3.8, 4) is 5.75 Å². The van der Waals surface area contributed by atoms with Crippen LogP contribution in [0.5, 0.6) is 5.75 Å². The molecular weight excluding hydrogens is 416 g/mol. The minimum Gasteiger partial charge on any atom is -0.489 e. The van der Waals surface area contributed by atoms with E-state index in [1.807, 2.05) is 54.6 Å². The van der Waals surface area contributed by atoms with Crippen LogP contribution in [0.2, 0.25) is 0 Å². The van der Waals surface area contributed by atoms with Gasteiger partial charge in [0.2, 0.25) is 5.91 Å². The average Bonchev–Trinajstić information content (AvgIpc) is 2.84. The summed E-state index contributed by atoms with van der Waals surface area (Å²) in [4.78, 5) is 27.3. The third-order valence-corrected chi connectivity index (χ3v) is 6.30. The molecule has 0 saturated carbocycles. The molecule has 0 bridgehead atoms. The molecule has 33 heavy (non-hydrogen) atoms. The quantitative estimate of drug-likeness (QED) is 0.350. The summed E-state index contributed by atoms with van der Waals surface area (Å²) in [5, 5.41) is 2.04. The molecule has 1 aliphatic heterocycles. The van der Waals surface area contributed by atoms with E-state index in [9.17, 15) is 9.59 Å². The van der Waals surface area contributed by atoms with Gasteiger partial charge in [-0.05, 0) is 60.6 Å². The maximum absolute atomic E-state index is 12.9. The lowest BCUT2D eigenvalue weighted by molar-refractivity contribution is -0.123. The number of likely N-dealkylation sites (tertiary alicyclic amines) is 1. The van der Waals surface area contributed by atoms with Gasteiger partial charge in [-0.2, -0.15) is 0 Å². The molecule has 6 heteroatoms. The molecule has 168 valence electrons. The lowest BCUT2D eigenvalue weighted by atomic mass is 9.97. The summed E-state index contributed by atoms with van der Waals surface area (Å²) in [6, 6.07) is 20.4. The molecule has 1 fully saturated rings. The number of benzene rings is 3. The van der Waals surface area contributed by atoms with Gasteiger partial charge in [0.1, 0.15) is 24.0 Å². The summed E-state index contributed by atoms with van der Waals surface area (Å²) in [7, 11) is 0. The fraction of sp³-hybridized carbons (Fsp3) is 0.259. The number of rotatable bonds is 6. The van der Waals surface area contributed by atoms with Crippen LogP contribution in [-0.4, -0.2) is 23.9 Å². The van der Waals surface area contributed by atoms with E-state index < -0.39 is 17.6 Å². The number of ether oxygens (including phenoxy) is 1. The first kappa shape index (κ1) is 21.2. The maximum Gasteiger partial charge on any atom is 0.344 e. The van der Waals surface area contributed by atoms with Crippen molar-refractivity contribution in [2.75, 3.05) is 13.1 Å². The summed E-state index contributed by atoms with van der Waals surface area (Å²) in [5.41, 5.74) is 7.57. The number of hydrogen-bond donors (Lipinski definition) is 1. The molecule has 1 saturated heterocycles. The van der Waals surface area contributed by atoms with Crippen molar-refractivity contribution in [1.82, 2.24) is 4.90 Å². The van der Waals surface area contributed by atoms with E-state index in [1.165, 1.54) is 0 Å². The lowest BCUT2D eigenvalue weighted by Gasteiger charge is -2.32. The molecule has 2 heterocycles. The third-order valence-electron chi connectivity index (χ3n) is 6.30. The van der Waals surface area contributed by atoms with Crippen LogP contribution < -0.4 is 16.1 Å². The first-order chi connectivity index (χ1) is 16.1. The maximum atomic E-state index is 12.9. The lowest BCUT2D eigenvalue weighted by Crippen LogP contribution is -2.40. The highest BCUT2D eigenvalue weighted by atomic mass is 16.5. The van der Waals surface area contributed by atoms with Gasteiger partial charge in [-0.25, -0.2) is 4.79 Å². The molecule has 4 aromatic rings. The van der Waals surface area contributed by atoms with E-state index in [2.05, 4.69) is 4.90 Å². The zero-order valence-corrected chi connectivity index (χ0v) is 18.3. The third kappa shape index (κ3) is 4.34. The first-order valence-electron chi connectivity index (χ1n) is 11.3. The van der Waals surface area contributed by atoms with Crippen LogP contribution in [0.3, 0.4) is 0 Å². The molecule has 0 radical (unpaired) electrons. The number of nitrogens with zero attached hydrogens (tertiary/aromatic N) is 1. The van der Waals surface area contributed by atoms with Crippen LogP contribution in [0.15, 0.2) is 75.9 Å². The zero-order valence-electron chi connectivity index (χ0n) is 18.3. The molecule has 6 nitrogen and oxygen atoms in total. The minimum absolute atomic E-state index is 0.401. The van der Waals surface area contributed by atoms with Crippen molar-refractivity contribution >= 4 is 27.6 Å². The zero-order chi connectivity index (χ0) is 22.8. The number of primary amides is 1. The van der Waals surface area contributed by atoms with Crippen LogP contribution in [0.1, 0.15) is 36.4 Å². The topological polar surface area (TPSA) is 85.8 Å². The van der Waals surface area contributed by atoms with Crippen molar-refractivity contribution in [2.45, 2.75) is 31.9 Å². The van der Waals surface area contributed by atoms with Gasteiger partial charge in [-0.3, -0.25) is 9.69 Å². The monoisotopic (exact) mass is 442 g/mol. The Morgan fingerprint density at radius 1 is 0.939 bits per heavy atom. The van der Waals surface area contributed by atoms with Gasteiger partial charge < -0.3 is 14.9 Å². The number of fused-ring (bicyclic) bond motifs is 3. The molecule has 1 aromatic heterocycles. The van der Waals surface area contributed by atoms with E-state index in [-0.39, 0.29) is 0 Å². The summed E-state index contributed by atoms with van der Waals surface area (Å²) >= 11 is 0. The Hall–Kier alpha value is -3.64. The number of amides is 1. The number of nitrogens with two attached hydrogens (primary N) is 1. The highest BCUT2D eigenvalue weighted by Crippen LogP contribution is 2.31. The summed E-state index contributed by atoms with van der Waals surface area (Å²) in [5.74, 6) is 0.228. The van der Waals surface area contributed by atoms with Crippen molar-refractivity contribution < 1.29 is 13.9 Å². The second-order valence-electron chi connectivity index (χ2n) is 8.53. The minimum atomic E-state index is -0.543. The normalized spacial score (nSPS) is 15.5. The smallest absolute Gasteiger partial charge is 0.344 e. The van der Waals surface area contributed by atoms with Crippen LogP contribution in [0.4, 0.5) is 0 Å². The molecule has 1 atom stereocenters. The van der Waals surface area contributed by atoms with Crippen LogP contribution >= 0.6 is 0 Å². The van der Waals surface area contributed by atoms with Gasteiger partial charge in [0.15, 0.2) is 0 Å². The predicted molar refractivity (Wildman–Crippen MR) is 128 cm³/mol. The molecule has 1 unspecified atom stereocenters. The molecule has 2 N–H and O–H groups in total. The first-order valence-corrected chi connectivity index (χ1v) is 11.3. The number of piperidine rings is 1. The molecule has 3 aromatic carbocycles. The second-order valence-corrected chi connectivity index (χ2v) is 8.53. The molecule has 1 aliphatic rings. The molecule has 1 amide bonds. The van der Waals surface area contributed by atoms with Gasteiger partial charge in [0, 0.05) is 11.5 Å². The number of carbonyl (C=O) groups is 1. The Kier molecular flexibility index (Phi) is 5.84. The fourth-order valence-electron chi connectivity index (χ4n) is 4.66. The Labute approximate surface area is 191 Å². The van der Waals surface area contributed by atoms with Gasteiger partial charge in [-0.1, -0.05) is 48.9 Å². The largest absolute Gasteiger partial charge is 0.489 e. The molecule has 5 rings (SSSR count). The van der Waals surface area contributed by atoms with Gasteiger partial charge >= 0.3 is 5.63 Å². The Morgan fingerprint density at radius 2 is 1.70 bits per heavy atom. The van der Waals surface area contributed by atoms with Crippen molar-refractivity contribution in [2.24, 2.45) is 5.73 Å². The number of hydrogen-bond acceptors (Lipinski definition) is 5. The molecule has 0 spiro atoms. The van der Waals surface area contributed by atoms with E-state index >= 15 is 0 Å². The van der Waals surface area contributed by atoms with Gasteiger partial charge in [0.05, 0.1) is 5.39 Å². The van der Waals surface area contributed by atoms with Crippen molar-refractivity contribution in [1.29, 1.82) is 0 Å². The Balaban J connectivity index is 1.49. The van der Waals surface area contributed by atoms with Gasteiger partial charge in [-0.15, -0.1) is 0 Å². The van der Waals surface area contributed by atoms with E-state index in [4.69, 9.17) is 14.9 Å². The predicted octanol–water partition coefficient (Wildman–Crippen LogP) is 4.54. The Morgan fingerprint density at radius 3 is 2.45 bits per heavy atom. The number of carbonyl (C=O) groups excluding carboxylic acids is 1. The second kappa shape index (κ2) is 9.08. The fourth-order valence-corrected chi connectivity index (χ4v) is 4.66. The van der Waals surface area contributed by atoms with Crippen LogP contribution in [0, 0.1) is 0 Å². The molecular formula is C27H26N2O4. The highest BCUT2D eigenvalue weighted by Gasteiger charge is 2.27. The Bertz CT molecular complexity index is 1360. The van der Waals surface area contributed by atoms with E-state index in [0.29, 0.717) is 23.3 Å². The van der Waals surface area contributed by atoms with Crippen molar-refractivity contribution in [3.05, 3.63) is 88.3 Å². The van der Waals surface area contributed by atoms with Gasteiger partial charge in [0.25, 0.3) is 0 Å². The summed E-state index contributed by atoms with van der Waals surface area (Å²) in [6.45, 7) is 2.08. The molecule has 0 aliphatic carbocycles. The SMILES string of the molecule is NC(=O)C(c1ccc2c(c1)c(=O)oc1cc(OCc3ccccc3)ccc12)N1CCCCC1. The van der Waals surface area contributed by atoms with E-state index in [0.717, 1.165) is 54.3 Å². The van der Waals surface area contributed by atoms with Crippen LogP contribution in [0.25, 0.3) is 21.7 Å². The van der Waals surface area contributed by atoms with Crippen LogP contribution in [-0.2, 0) is 11.4 Å². The standard InChI is InChI=1S/C27H26N2O4/c28-26(30)25(29-13-5-2-6-14-29)19-9-11-21-22-12-10-20(32-17-18-7-3-1-4-8-18)16-24(22)33-27(31)23(21)15-19/h1,3-4,7-12,15-16,25H,2,5-6,13-14,17H2,(H2,28,30).